The third-order valence-electron chi connectivity index (χ3n) is 4.96. The van der Waals surface area contributed by atoms with Gasteiger partial charge in [0.1, 0.15) is 17.7 Å². The number of imidazole rings is 1. The van der Waals surface area contributed by atoms with E-state index in [1.165, 1.54) is 0 Å². The Hall–Kier alpha value is -2.84. The van der Waals surface area contributed by atoms with Crippen LogP contribution in [0, 0.1) is 25.6 Å². The van der Waals surface area contributed by atoms with E-state index in [4.69, 9.17) is 4.74 Å². The minimum absolute atomic E-state index is 0.0508. The molecule has 0 saturated carbocycles. The molecule has 3 aromatic heterocycles. The van der Waals surface area contributed by atoms with Crippen LogP contribution in [-0.4, -0.2) is 49.2 Å². The van der Waals surface area contributed by atoms with Gasteiger partial charge in [-0.25, -0.2) is 19.9 Å². The average Bonchev–Trinajstić information content (AvgIpc) is 3.05. The number of anilines is 1. The lowest BCUT2D eigenvalue weighted by atomic mass is 9.98. The van der Waals surface area contributed by atoms with E-state index in [1.54, 1.807) is 26.5 Å². The monoisotopic (exact) mass is 371 g/mol. The van der Waals surface area contributed by atoms with Crippen molar-refractivity contribution in [2.75, 3.05) is 24.6 Å². The molecule has 0 bridgehead atoms. The first-order valence-corrected chi connectivity index (χ1v) is 9.03. The van der Waals surface area contributed by atoms with Crippen molar-refractivity contribution in [3.8, 4) is 5.88 Å². The molecular formula is C18H22FN7O. The van der Waals surface area contributed by atoms with E-state index in [1.807, 2.05) is 11.6 Å². The molecule has 1 fully saturated rings. The van der Waals surface area contributed by atoms with Crippen LogP contribution in [0.15, 0.2) is 12.7 Å². The molecule has 0 N–H and O–H groups in total. The minimum Gasteiger partial charge on any atom is -0.475 e. The summed E-state index contributed by atoms with van der Waals surface area (Å²) in [7, 11) is 1.95. The highest BCUT2D eigenvalue weighted by atomic mass is 19.1. The van der Waals surface area contributed by atoms with Crippen molar-refractivity contribution >= 4 is 17.0 Å². The summed E-state index contributed by atoms with van der Waals surface area (Å²) in [5.74, 6) is 1.35. The van der Waals surface area contributed by atoms with Gasteiger partial charge in [0.05, 0.1) is 18.6 Å². The smallest absolute Gasteiger partial charge is 0.254 e. The largest absolute Gasteiger partial charge is 0.475 e. The molecule has 4 rings (SSSR count). The molecule has 9 heteroatoms. The summed E-state index contributed by atoms with van der Waals surface area (Å²) in [6, 6.07) is 0. The van der Waals surface area contributed by atoms with Crippen LogP contribution < -0.4 is 9.64 Å². The third-order valence-corrected chi connectivity index (χ3v) is 4.96. The van der Waals surface area contributed by atoms with Crippen LogP contribution in [0.25, 0.3) is 11.2 Å². The van der Waals surface area contributed by atoms with Gasteiger partial charge in [0.15, 0.2) is 11.5 Å². The Balaban J connectivity index is 1.40. The molecule has 0 aromatic carbocycles. The molecule has 0 aliphatic carbocycles. The Kier molecular flexibility index (Phi) is 4.59. The van der Waals surface area contributed by atoms with Gasteiger partial charge in [0.2, 0.25) is 5.82 Å². The summed E-state index contributed by atoms with van der Waals surface area (Å²) in [5.41, 5.74) is 1.97. The number of hydrogen-bond donors (Lipinski definition) is 0. The fourth-order valence-corrected chi connectivity index (χ4v) is 3.47. The van der Waals surface area contributed by atoms with Gasteiger partial charge in [-0.1, -0.05) is 0 Å². The number of aryl methyl sites for hydroxylation is 3. The standard InChI is InChI=1S/C18H22FN7O/c1-11-14(19)18(24-12(2)23-11)27-8-13-4-6-26(7-5-13)17-15-16(20-9-21-17)22-10-25(15)3/h9-10,13H,4-8H2,1-3H3. The summed E-state index contributed by atoms with van der Waals surface area (Å²) in [6.45, 7) is 5.52. The van der Waals surface area contributed by atoms with Crippen LogP contribution in [0.4, 0.5) is 10.2 Å². The first-order valence-electron chi connectivity index (χ1n) is 9.03. The fraction of sp³-hybridized carbons (Fsp3) is 0.500. The lowest BCUT2D eigenvalue weighted by Gasteiger charge is -2.32. The minimum atomic E-state index is -0.474. The van der Waals surface area contributed by atoms with E-state index in [0.29, 0.717) is 29.7 Å². The van der Waals surface area contributed by atoms with E-state index in [-0.39, 0.29) is 5.88 Å². The van der Waals surface area contributed by atoms with Gasteiger partial charge >= 0.3 is 0 Å². The first kappa shape index (κ1) is 17.6. The van der Waals surface area contributed by atoms with Gasteiger partial charge in [0, 0.05) is 20.1 Å². The summed E-state index contributed by atoms with van der Waals surface area (Å²) in [4.78, 5) is 23.3. The number of piperidine rings is 1. The Morgan fingerprint density at radius 1 is 1.15 bits per heavy atom. The van der Waals surface area contributed by atoms with E-state index in [0.717, 1.165) is 37.3 Å². The lowest BCUT2D eigenvalue weighted by molar-refractivity contribution is 0.206. The molecule has 0 unspecified atom stereocenters. The number of hydrogen-bond acceptors (Lipinski definition) is 7. The normalized spacial score (nSPS) is 15.5. The van der Waals surface area contributed by atoms with Gasteiger partial charge in [-0.05, 0) is 32.6 Å². The molecule has 0 radical (unpaired) electrons. The third kappa shape index (κ3) is 3.41. The number of aromatic nitrogens is 6. The van der Waals surface area contributed by atoms with E-state index >= 15 is 0 Å². The Morgan fingerprint density at radius 3 is 2.70 bits per heavy atom. The maximum Gasteiger partial charge on any atom is 0.254 e. The topological polar surface area (TPSA) is 81.9 Å². The van der Waals surface area contributed by atoms with Crippen LogP contribution in [0.3, 0.4) is 0 Å². The van der Waals surface area contributed by atoms with Gasteiger partial charge in [-0.15, -0.1) is 0 Å². The van der Waals surface area contributed by atoms with Crippen molar-refractivity contribution in [1.82, 2.24) is 29.5 Å². The number of halogens is 1. The molecule has 142 valence electrons. The molecule has 0 spiro atoms. The van der Waals surface area contributed by atoms with Crippen LogP contribution in [-0.2, 0) is 7.05 Å². The van der Waals surface area contributed by atoms with Crippen LogP contribution in [0.5, 0.6) is 5.88 Å². The predicted molar refractivity (Wildman–Crippen MR) is 98.2 cm³/mol. The SMILES string of the molecule is Cc1nc(C)c(F)c(OCC2CCN(c3ncnc4ncn(C)c34)CC2)n1. The molecule has 1 saturated heterocycles. The molecule has 1 aliphatic rings. The first-order chi connectivity index (χ1) is 13.0. The number of nitrogens with zero attached hydrogens (tertiary/aromatic N) is 7. The quantitative estimate of drug-likeness (QED) is 0.695. The molecule has 4 heterocycles. The predicted octanol–water partition coefficient (Wildman–Crippen LogP) is 2.20. The van der Waals surface area contributed by atoms with Crippen molar-refractivity contribution in [1.29, 1.82) is 0 Å². The summed E-state index contributed by atoms with van der Waals surface area (Å²) in [5, 5.41) is 0. The molecule has 8 nitrogen and oxygen atoms in total. The number of rotatable bonds is 4. The van der Waals surface area contributed by atoms with Crippen LogP contribution >= 0.6 is 0 Å². The second-order valence-electron chi connectivity index (χ2n) is 6.94. The second kappa shape index (κ2) is 7.05. The van der Waals surface area contributed by atoms with Crippen molar-refractivity contribution in [3.63, 3.8) is 0 Å². The second-order valence-corrected chi connectivity index (χ2v) is 6.94. The van der Waals surface area contributed by atoms with Gasteiger partial charge < -0.3 is 14.2 Å². The van der Waals surface area contributed by atoms with Gasteiger partial charge in [-0.3, -0.25) is 0 Å². The molecule has 3 aromatic rings. The van der Waals surface area contributed by atoms with Crippen LogP contribution in [0.2, 0.25) is 0 Å². The maximum atomic E-state index is 14.1. The molecule has 0 amide bonds. The fourth-order valence-electron chi connectivity index (χ4n) is 3.47. The van der Waals surface area contributed by atoms with Crippen molar-refractivity contribution in [3.05, 3.63) is 30.0 Å². The zero-order valence-corrected chi connectivity index (χ0v) is 15.7. The molecular weight excluding hydrogens is 349 g/mol. The Labute approximate surface area is 156 Å². The number of ether oxygens (including phenoxy) is 1. The van der Waals surface area contributed by atoms with Gasteiger partial charge in [-0.2, -0.15) is 9.37 Å². The van der Waals surface area contributed by atoms with E-state index in [9.17, 15) is 4.39 Å². The van der Waals surface area contributed by atoms with E-state index in [2.05, 4.69) is 29.8 Å². The molecule has 27 heavy (non-hydrogen) atoms. The number of fused-ring (bicyclic) bond motifs is 1. The highest BCUT2D eigenvalue weighted by molar-refractivity contribution is 5.83. The van der Waals surface area contributed by atoms with Gasteiger partial charge in [0.25, 0.3) is 5.88 Å². The Morgan fingerprint density at radius 2 is 1.93 bits per heavy atom. The summed E-state index contributed by atoms with van der Waals surface area (Å²) in [6.07, 6.45) is 5.19. The highest BCUT2D eigenvalue weighted by Crippen LogP contribution is 2.27. The zero-order chi connectivity index (χ0) is 19.0. The lowest BCUT2D eigenvalue weighted by Crippen LogP contribution is -2.36. The van der Waals surface area contributed by atoms with Crippen LogP contribution in [0.1, 0.15) is 24.4 Å². The average molecular weight is 371 g/mol. The zero-order valence-electron chi connectivity index (χ0n) is 15.7. The van der Waals surface area contributed by atoms with Crippen molar-refractivity contribution in [2.45, 2.75) is 26.7 Å². The summed E-state index contributed by atoms with van der Waals surface area (Å²) >= 11 is 0. The maximum absolute atomic E-state index is 14.1. The van der Waals surface area contributed by atoms with Crippen molar-refractivity contribution in [2.24, 2.45) is 13.0 Å². The van der Waals surface area contributed by atoms with E-state index < -0.39 is 5.82 Å². The molecule has 0 atom stereocenters. The summed E-state index contributed by atoms with van der Waals surface area (Å²) < 4.78 is 21.7. The highest BCUT2D eigenvalue weighted by Gasteiger charge is 2.24. The molecule has 1 aliphatic heterocycles. The Bertz CT molecular complexity index is 966. The van der Waals surface area contributed by atoms with Crippen molar-refractivity contribution < 1.29 is 9.13 Å².